The predicted molar refractivity (Wildman–Crippen MR) is 57.6 cm³/mol. The highest BCUT2D eigenvalue weighted by Gasteiger charge is 2.18. The second-order valence-corrected chi connectivity index (χ2v) is 4.58. The first-order valence-electron chi connectivity index (χ1n) is 4.25. The van der Waals surface area contributed by atoms with E-state index in [1.54, 1.807) is 0 Å². The molecule has 0 aliphatic carbocycles. The molecular weight excluding hydrogens is 232 g/mol. The zero-order valence-electron chi connectivity index (χ0n) is 7.95. The van der Waals surface area contributed by atoms with Crippen LogP contribution in [-0.2, 0) is 10.1 Å². The van der Waals surface area contributed by atoms with Gasteiger partial charge in [0.1, 0.15) is 10.4 Å². The van der Waals surface area contributed by atoms with Gasteiger partial charge >= 0.3 is 0 Å². The Morgan fingerprint density at radius 1 is 1.38 bits per heavy atom. The Hall–Kier alpha value is -1.86. The fraction of sp³-hybridized carbons (Fsp3) is 0. The van der Waals surface area contributed by atoms with Crippen LogP contribution < -0.4 is 5.73 Å². The van der Waals surface area contributed by atoms with Crippen molar-refractivity contribution in [2.45, 2.75) is 4.90 Å². The smallest absolute Gasteiger partial charge is 0.295 e. The molecule has 0 unspecified atom stereocenters. The normalized spacial score (nSPS) is 11.8. The Kier molecular flexibility index (Phi) is 2.21. The molecule has 6 nitrogen and oxygen atoms in total. The molecular formula is C9H8N2O4S. The lowest BCUT2D eigenvalue weighted by atomic mass is 10.2. The number of hydrogen-bond donors (Lipinski definition) is 3. The van der Waals surface area contributed by atoms with E-state index >= 15 is 0 Å². The molecule has 0 fully saturated rings. The van der Waals surface area contributed by atoms with Gasteiger partial charge in [0.25, 0.3) is 10.1 Å². The van der Waals surface area contributed by atoms with Crippen molar-refractivity contribution in [1.29, 1.82) is 0 Å². The van der Waals surface area contributed by atoms with E-state index in [0.717, 1.165) is 6.07 Å². The summed E-state index contributed by atoms with van der Waals surface area (Å²) in [5.74, 6) is -0.303. The molecule has 4 N–H and O–H groups in total. The topological polar surface area (TPSA) is 114 Å². The average molecular weight is 240 g/mol. The number of rotatable bonds is 1. The molecule has 1 aromatic carbocycles. The van der Waals surface area contributed by atoms with Crippen molar-refractivity contribution in [3.63, 3.8) is 0 Å². The molecule has 0 aliphatic rings. The molecule has 84 valence electrons. The number of benzene rings is 1. The van der Waals surface area contributed by atoms with Gasteiger partial charge in [-0.25, -0.2) is 0 Å². The number of aromatic nitrogens is 1. The zero-order chi connectivity index (χ0) is 11.9. The van der Waals surface area contributed by atoms with Gasteiger partial charge in [-0.2, -0.15) is 8.42 Å². The van der Waals surface area contributed by atoms with Gasteiger partial charge in [0.15, 0.2) is 5.75 Å². The maximum Gasteiger partial charge on any atom is 0.295 e. The zero-order valence-corrected chi connectivity index (χ0v) is 8.77. The number of nitrogens with zero attached hydrogens (tertiary/aromatic N) is 1. The molecule has 2 rings (SSSR count). The molecule has 0 atom stereocenters. The molecule has 0 radical (unpaired) electrons. The monoisotopic (exact) mass is 240 g/mol. The number of nitrogen functional groups attached to an aromatic ring is 1. The third-order valence-electron chi connectivity index (χ3n) is 2.14. The number of hydrogen-bond acceptors (Lipinski definition) is 5. The second kappa shape index (κ2) is 3.32. The largest absolute Gasteiger partial charge is 0.504 e. The Bertz CT molecular complexity index is 667. The lowest BCUT2D eigenvalue weighted by Gasteiger charge is -2.07. The Labute approximate surface area is 91.1 Å². The first-order valence-corrected chi connectivity index (χ1v) is 5.69. The van der Waals surface area contributed by atoms with E-state index in [4.69, 9.17) is 10.3 Å². The van der Waals surface area contributed by atoms with Gasteiger partial charge in [0.05, 0.1) is 5.69 Å². The van der Waals surface area contributed by atoms with E-state index in [1.807, 2.05) is 0 Å². The number of aromatic hydroxyl groups is 1. The summed E-state index contributed by atoms with van der Waals surface area (Å²) in [4.78, 5) is 3.44. The van der Waals surface area contributed by atoms with Crippen molar-refractivity contribution in [3.05, 3.63) is 24.4 Å². The fourth-order valence-corrected chi connectivity index (χ4v) is 2.15. The highest BCUT2D eigenvalue weighted by Crippen LogP contribution is 2.33. The van der Waals surface area contributed by atoms with E-state index in [2.05, 4.69) is 4.98 Å². The van der Waals surface area contributed by atoms with Gasteiger partial charge in [-0.15, -0.1) is 0 Å². The quantitative estimate of drug-likeness (QED) is 0.385. The highest BCUT2D eigenvalue weighted by molar-refractivity contribution is 7.86. The van der Waals surface area contributed by atoms with Crippen LogP contribution in [0.3, 0.4) is 0 Å². The minimum absolute atomic E-state index is 0.0372. The number of anilines is 1. The first kappa shape index (κ1) is 10.7. The third-order valence-corrected chi connectivity index (χ3v) is 3.03. The lowest BCUT2D eigenvalue weighted by Crippen LogP contribution is -2.01. The van der Waals surface area contributed by atoms with Gasteiger partial charge in [0, 0.05) is 11.6 Å². The minimum atomic E-state index is -4.40. The molecule has 2 aromatic rings. The van der Waals surface area contributed by atoms with Gasteiger partial charge in [-0.1, -0.05) is 0 Å². The van der Waals surface area contributed by atoms with Crippen molar-refractivity contribution in [2.75, 3.05) is 5.73 Å². The second-order valence-electron chi connectivity index (χ2n) is 3.19. The number of fused-ring (bicyclic) bond motifs is 1. The molecule has 7 heteroatoms. The van der Waals surface area contributed by atoms with E-state index < -0.39 is 10.1 Å². The summed E-state index contributed by atoms with van der Waals surface area (Å²) < 4.78 is 31.2. The van der Waals surface area contributed by atoms with Crippen LogP contribution in [0.2, 0.25) is 0 Å². The molecule has 1 aromatic heterocycles. The highest BCUT2D eigenvalue weighted by atomic mass is 32.2. The van der Waals surface area contributed by atoms with Crippen LogP contribution in [0.5, 0.6) is 5.75 Å². The Morgan fingerprint density at radius 2 is 2.06 bits per heavy atom. The Balaban J connectivity index is 3.02. The van der Waals surface area contributed by atoms with E-state index in [-0.39, 0.29) is 27.2 Å². The lowest BCUT2D eigenvalue weighted by molar-refractivity contribution is 0.480. The molecule has 0 saturated carbocycles. The predicted octanol–water partition coefficient (Wildman–Crippen LogP) is 0.769. The summed E-state index contributed by atoms with van der Waals surface area (Å²) in [6.07, 6.45) is 1.38. The molecule has 0 aliphatic heterocycles. The molecule has 0 saturated heterocycles. The van der Waals surface area contributed by atoms with Crippen molar-refractivity contribution in [2.24, 2.45) is 0 Å². The third kappa shape index (κ3) is 1.55. The van der Waals surface area contributed by atoms with E-state index in [0.29, 0.717) is 0 Å². The fourth-order valence-electron chi connectivity index (χ4n) is 1.43. The maximum absolute atomic E-state index is 11.1. The Morgan fingerprint density at radius 3 is 2.69 bits per heavy atom. The van der Waals surface area contributed by atoms with E-state index in [9.17, 15) is 13.5 Å². The molecule has 16 heavy (non-hydrogen) atoms. The molecule has 0 amide bonds. The summed E-state index contributed by atoms with van der Waals surface area (Å²) in [7, 11) is -4.40. The van der Waals surface area contributed by atoms with Crippen LogP contribution in [0.1, 0.15) is 0 Å². The van der Waals surface area contributed by atoms with Crippen molar-refractivity contribution >= 4 is 26.7 Å². The number of nitrogens with two attached hydrogens (primary N) is 1. The van der Waals surface area contributed by atoms with Crippen LogP contribution in [-0.4, -0.2) is 23.1 Å². The van der Waals surface area contributed by atoms with Crippen LogP contribution >= 0.6 is 0 Å². The van der Waals surface area contributed by atoms with Gasteiger partial charge in [-0.05, 0) is 18.2 Å². The van der Waals surface area contributed by atoms with Crippen molar-refractivity contribution in [3.8, 4) is 5.75 Å². The maximum atomic E-state index is 11.1. The summed E-state index contributed by atoms with van der Waals surface area (Å²) in [5, 5.41) is 9.71. The van der Waals surface area contributed by atoms with Crippen molar-refractivity contribution < 1.29 is 18.1 Å². The standard InChI is InChI=1S/C9H8N2O4S/c10-6-4-7(16(13,14)15)5-2-1-3-11-8(5)9(6)12/h1-4,12H,10H2,(H,13,14,15). The number of pyridine rings is 1. The van der Waals surface area contributed by atoms with Crippen LogP contribution in [0.25, 0.3) is 10.9 Å². The minimum Gasteiger partial charge on any atom is -0.504 e. The average Bonchev–Trinajstić information content (AvgIpc) is 2.22. The summed E-state index contributed by atoms with van der Waals surface area (Å²) >= 11 is 0. The van der Waals surface area contributed by atoms with Crippen LogP contribution in [0, 0.1) is 0 Å². The SMILES string of the molecule is Nc1cc(S(=O)(=O)O)c2cccnc2c1O. The van der Waals surface area contributed by atoms with E-state index in [1.165, 1.54) is 18.3 Å². The van der Waals surface area contributed by atoms with Crippen LogP contribution in [0.15, 0.2) is 29.3 Å². The molecule has 0 bridgehead atoms. The summed E-state index contributed by atoms with van der Waals surface area (Å²) in [5.41, 5.74) is 5.30. The van der Waals surface area contributed by atoms with Crippen molar-refractivity contribution in [1.82, 2.24) is 4.98 Å². The number of phenols is 1. The summed E-state index contributed by atoms with van der Waals surface area (Å²) in [6, 6.07) is 3.91. The van der Waals surface area contributed by atoms with Gasteiger partial charge in [0.2, 0.25) is 0 Å². The summed E-state index contributed by atoms with van der Waals surface area (Å²) in [6.45, 7) is 0. The molecule has 0 spiro atoms. The van der Waals surface area contributed by atoms with Crippen LogP contribution in [0.4, 0.5) is 5.69 Å². The number of phenolic OH excluding ortho intramolecular Hbond substituents is 1. The first-order chi connectivity index (χ1) is 7.41. The van der Waals surface area contributed by atoms with Gasteiger partial charge < -0.3 is 10.8 Å². The van der Waals surface area contributed by atoms with Gasteiger partial charge in [-0.3, -0.25) is 9.54 Å². The molecule has 1 heterocycles.